The second-order valence-electron chi connectivity index (χ2n) is 1.32. The summed E-state index contributed by atoms with van der Waals surface area (Å²) in [5, 5.41) is 7.36. The molecule has 0 rings (SSSR count). The van der Waals surface area contributed by atoms with Crippen molar-refractivity contribution in [1.82, 2.24) is 0 Å². The van der Waals surface area contributed by atoms with Crippen LogP contribution in [-0.4, -0.2) is 21.2 Å². The van der Waals surface area contributed by atoms with E-state index in [0.29, 0.717) is 11.4 Å². The maximum atomic E-state index is 9.97. The summed E-state index contributed by atoms with van der Waals surface area (Å²) >= 11 is 0.528. The van der Waals surface area contributed by atoms with Crippen LogP contribution in [0.5, 0.6) is 0 Å². The fourth-order valence-corrected chi connectivity index (χ4v) is 1.62. The zero-order valence-corrected chi connectivity index (χ0v) is 6.35. The highest BCUT2D eigenvalue weighted by Gasteiger charge is 2.25. The molecule has 0 amide bonds. The van der Waals surface area contributed by atoms with E-state index >= 15 is 0 Å². The van der Waals surface area contributed by atoms with Gasteiger partial charge in [-0.1, -0.05) is 0 Å². The Bertz CT molecular complexity index is 136. The van der Waals surface area contributed by atoms with E-state index in [0.717, 1.165) is 0 Å². The van der Waals surface area contributed by atoms with Crippen LogP contribution in [0.4, 0.5) is 0 Å². The minimum atomic E-state index is -2.39. The Balaban J connectivity index is 3.63. The van der Waals surface area contributed by atoms with E-state index in [1.807, 2.05) is 0 Å². The fraction of sp³-hybridized carbons (Fsp3) is 0.667. The highest BCUT2D eigenvalue weighted by atomic mass is 32.7. The SMILES string of the molecule is CC(S[P+](=O)O)C(=O)O. The fourth-order valence-electron chi connectivity index (χ4n) is 0.180. The van der Waals surface area contributed by atoms with Crippen molar-refractivity contribution in [2.45, 2.75) is 12.2 Å². The first kappa shape index (κ1) is 8.88. The Hall–Kier alpha value is -0.120. The molecule has 0 radical (unpaired) electrons. The predicted molar refractivity (Wildman–Crippen MR) is 34.5 cm³/mol. The summed E-state index contributed by atoms with van der Waals surface area (Å²) in [5.41, 5.74) is 0. The van der Waals surface area contributed by atoms with Gasteiger partial charge >= 0.3 is 13.2 Å². The van der Waals surface area contributed by atoms with E-state index in [1.165, 1.54) is 6.92 Å². The van der Waals surface area contributed by atoms with Crippen LogP contribution >= 0.6 is 18.6 Å². The Kier molecular flexibility index (Phi) is 3.77. The lowest BCUT2D eigenvalue weighted by Gasteiger charge is -1.90. The lowest BCUT2D eigenvalue weighted by atomic mass is 10.5. The summed E-state index contributed by atoms with van der Waals surface area (Å²) in [6.45, 7) is 1.36. The molecule has 0 bridgehead atoms. The van der Waals surface area contributed by atoms with Crippen molar-refractivity contribution in [3.8, 4) is 0 Å². The molecule has 2 unspecified atom stereocenters. The maximum Gasteiger partial charge on any atom is 0.583 e. The quantitative estimate of drug-likeness (QED) is 0.612. The van der Waals surface area contributed by atoms with Gasteiger partial charge in [0.25, 0.3) is 0 Å². The molecule has 0 aromatic heterocycles. The van der Waals surface area contributed by atoms with Gasteiger partial charge < -0.3 is 5.11 Å². The molecule has 0 saturated heterocycles. The van der Waals surface area contributed by atoms with Crippen LogP contribution in [0.3, 0.4) is 0 Å². The molecule has 4 nitrogen and oxygen atoms in total. The molecule has 2 N–H and O–H groups in total. The molecule has 2 atom stereocenters. The molecule has 0 aromatic rings. The summed E-state index contributed by atoms with van der Waals surface area (Å²) in [5.74, 6) is -1.07. The van der Waals surface area contributed by atoms with E-state index in [4.69, 9.17) is 10.00 Å². The highest BCUT2D eigenvalue weighted by Crippen LogP contribution is 2.36. The monoisotopic (exact) mass is 169 g/mol. The van der Waals surface area contributed by atoms with Crippen molar-refractivity contribution in [3.63, 3.8) is 0 Å². The molecule has 0 fully saturated rings. The molecule has 0 aliphatic rings. The van der Waals surface area contributed by atoms with E-state index in [1.54, 1.807) is 0 Å². The maximum absolute atomic E-state index is 9.97. The number of carbonyl (C=O) groups is 1. The van der Waals surface area contributed by atoms with Crippen molar-refractivity contribution < 1.29 is 19.4 Å². The third-order valence-corrected chi connectivity index (χ3v) is 2.78. The Morgan fingerprint density at radius 3 is 2.33 bits per heavy atom. The van der Waals surface area contributed by atoms with Crippen molar-refractivity contribution in [3.05, 3.63) is 0 Å². The Morgan fingerprint density at radius 1 is 1.78 bits per heavy atom. The summed E-state index contributed by atoms with van der Waals surface area (Å²) < 4.78 is 9.96. The molecule has 9 heavy (non-hydrogen) atoms. The van der Waals surface area contributed by atoms with Crippen LogP contribution in [0.1, 0.15) is 6.92 Å². The molecule has 52 valence electrons. The molecular weight excluding hydrogens is 163 g/mol. The zero-order chi connectivity index (χ0) is 7.44. The summed E-state index contributed by atoms with van der Waals surface area (Å²) in [4.78, 5) is 18.2. The van der Waals surface area contributed by atoms with Crippen LogP contribution in [-0.2, 0) is 9.36 Å². The Morgan fingerprint density at radius 2 is 2.22 bits per heavy atom. The summed E-state index contributed by atoms with van der Waals surface area (Å²) in [6, 6.07) is 0. The van der Waals surface area contributed by atoms with Gasteiger partial charge in [0.05, 0.1) is 0 Å². The number of aliphatic carboxylic acids is 1. The van der Waals surface area contributed by atoms with Gasteiger partial charge in [0.1, 0.15) is 0 Å². The average Bonchev–Trinajstić information content (AvgIpc) is 1.63. The molecule has 0 saturated carbocycles. The number of hydrogen-bond acceptors (Lipinski definition) is 3. The molecule has 6 heteroatoms. The first-order valence-electron chi connectivity index (χ1n) is 2.09. The predicted octanol–water partition coefficient (Wildman–Crippen LogP) is 0.842. The van der Waals surface area contributed by atoms with Gasteiger partial charge in [-0.25, -0.2) is 0 Å². The van der Waals surface area contributed by atoms with Gasteiger partial charge in [-0.2, -0.15) is 4.89 Å². The molecular formula is C3H6O4PS+. The topological polar surface area (TPSA) is 74.6 Å². The van der Waals surface area contributed by atoms with E-state index < -0.39 is 18.4 Å². The molecule has 0 heterocycles. The molecule has 0 spiro atoms. The van der Waals surface area contributed by atoms with Gasteiger partial charge in [0, 0.05) is 0 Å². The van der Waals surface area contributed by atoms with Crippen LogP contribution < -0.4 is 0 Å². The number of hydrogen-bond donors (Lipinski definition) is 2. The zero-order valence-electron chi connectivity index (χ0n) is 4.64. The minimum Gasteiger partial charge on any atom is -0.480 e. The van der Waals surface area contributed by atoms with E-state index in [2.05, 4.69) is 0 Å². The smallest absolute Gasteiger partial charge is 0.480 e. The second kappa shape index (κ2) is 3.82. The number of carboxylic acid groups (broad SMARTS) is 1. The van der Waals surface area contributed by atoms with Crippen molar-refractivity contribution >= 4 is 24.6 Å². The van der Waals surface area contributed by atoms with Gasteiger partial charge in [-0.05, 0) is 11.5 Å². The second-order valence-corrected chi connectivity index (χ2v) is 4.29. The third kappa shape index (κ3) is 4.39. The van der Waals surface area contributed by atoms with Gasteiger partial charge in [0.2, 0.25) is 0 Å². The van der Waals surface area contributed by atoms with Crippen LogP contribution in [0.2, 0.25) is 0 Å². The lowest BCUT2D eigenvalue weighted by Crippen LogP contribution is -2.09. The Labute approximate surface area is 56.9 Å². The largest absolute Gasteiger partial charge is 0.583 e. The average molecular weight is 169 g/mol. The van der Waals surface area contributed by atoms with Crippen molar-refractivity contribution in [2.24, 2.45) is 0 Å². The first-order valence-corrected chi connectivity index (χ1v) is 4.79. The third-order valence-electron chi connectivity index (χ3n) is 0.596. The van der Waals surface area contributed by atoms with Gasteiger partial charge in [0.15, 0.2) is 16.6 Å². The van der Waals surface area contributed by atoms with Crippen LogP contribution in [0, 0.1) is 0 Å². The minimum absolute atomic E-state index is 0.528. The lowest BCUT2D eigenvalue weighted by molar-refractivity contribution is -0.136. The van der Waals surface area contributed by atoms with Crippen molar-refractivity contribution in [2.75, 3.05) is 0 Å². The molecule has 0 aromatic carbocycles. The molecule has 0 aliphatic carbocycles. The van der Waals surface area contributed by atoms with E-state index in [-0.39, 0.29) is 0 Å². The van der Waals surface area contributed by atoms with Crippen LogP contribution in [0.25, 0.3) is 0 Å². The summed E-state index contributed by atoms with van der Waals surface area (Å²) in [6.07, 6.45) is 0. The summed E-state index contributed by atoms with van der Waals surface area (Å²) in [7, 11) is -2.39. The first-order chi connectivity index (χ1) is 4.04. The van der Waals surface area contributed by atoms with Crippen molar-refractivity contribution in [1.29, 1.82) is 0 Å². The van der Waals surface area contributed by atoms with Gasteiger partial charge in [-0.15, -0.1) is 0 Å². The number of rotatable bonds is 3. The van der Waals surface area contributed by atoms with Gasteiger partial charge in [-0.3, -0.25) is 4.79 Å². The number of carboxylic acids is 1. The molecule has 0 aliphatic heterocycles. The standard InChI is InChI=1S/C3H5O4PS/c1-2(3(4)5)9-8(6)7/h2H,1H3,(H-,4,5,6,7)/p+1. The normalized spacial score (nSPS) is 14.7. The highest BCUT2D eigenvalue weighted by molar-refractivity contribution is 8.50. The van der Waals surface area contributed by atoms with E-state index in [9.17, 15) is 9.36 Å². The van der Waals surface area contributed by atoms with Crippen LogP contribution in [0.15, 0.2) is 0 Å².